The van der Waals surface area contributed by atoms with Crippen molar-refractivity contribution in [3.63, 3.8) is 0 Å². The SMILES string of the molecule is CCC(NCCSCCCO)C(=O)OC. The van der Waals surface area contributed by atoms with Gasteiger partial charge in [-0.1, -0.05) is 6.92 Å². The number of aliphatic hydroxyl groups excluding tert-OH is 1. The van der Waals surface area contributed by atoms with Gasteiger partial charge in [0.1, 0.15) is 6.04 Å². The lowest BCUT2D eigenvalue weighted by Crippen LogP contribution is -2.38. The standard InChI is InChI=1S/C10H21NO3S/c1-3-9(10(13)14-2)11-5-8-15-7-4-6-12/h9,11-12H,3-8H2,1-2H3. The van der Waals surface area contributed by atoms with Gasteiger partial charge in [-0.15, -0.1) is 0 Å². The Hall–Kier alpha value is -0.260. The van der Waals surface area contributed by atoms with Gasteiger partial charge >= 0.3 is 5.97 Å². The summed E-state index contributed by atoms with van der Waals surface area (Å²) in [6, 6.07) is -0.187. The molecule has 0 aromatic heterocycles. The van der Waals surface area contributed by atoms with Gasteiger partial charge in [-0.2, -0.15) is 11.8 Å². The molecule has 15 heavy (non-hydrogen) atoms. The zero-order valence-electron chi connectivity index (χ0n) is 9.49. The van der Waals surface area contributed by atoms with Crippen LogP contribution in [0.1, 0.15) is 19.8 Å². The van der Waals surface area contributed by atoms with E-state index < -0.39 is 0 Å². The van der Waals surface area contributed by atoms with Crippen LogP contribution >= 0.6 is 11.8 Å². The van der Waals surface area contributed by atoms with Crippen LogP contribution in [0.25, 0.3) is 0 Å². The molecule has 4 nitrogen and oxygen atoms in total. The van der Waals surface area contributed by atoms with Gasteiger partial charge in [0.05, 0.1) is 7.11 Å². The summed E-state index contributed by atoms with van der Waals surface area (Å²) in [5.74, 6) is 1.72. The Kier molecular flexibility index (Phi) is 10.1. The summed E-state index contributed by atoms with van der Waals surface area (Å²) in [5, 5.41) is 11.7. The maximum Gasteiger partial charge on any atom is 0.322 e. The first-order chi connectivity index (χ1) is 7.26. The molecule has 0 spiro atoms. The van der Waals surface area contributed by atoms with Crippen molar-refractivity contribution in [3.05, 3.63) is 0 Å². The van der Waals surface area contributed by atoms with Crippen molar-refractivity contribution in [1.82, 2.24) is 5.32 Å². The summed E-state index contributed by atoms with van der Waals surface area (Å²) in [7, 11) is 1.41. The van der Waals surface area contributed by atoms with Crippen molar-refractivity contribution in [2.45, 2.75) is 25.8 Å². The lowest BCUT2D eigenvalue weighted by Gasteiger charge is -2.13. The molecule has 0 aliphatic carbocycles. The van der Waals surface area contributed by atoms with Gasteiger partial charge in [-0.25, -0.2) is 0 Å². The van der Waals surface area contributed by atoms with Gasteiger partial charge in [0.25, 0.3) is 0 Å². The number of esters is 1. The monoisotopic (exact) mass is 235 g/mol. The molecule has 0 rings (SSSR count). The van der Waals surface area contributed by atoms with E-state index in [1.807, 2.05) is 6.92 Å². The Morgan fingerprint density at radius 1 is 1.53 bits per heavy atom. The Morgan fingerprint density at radius 3 is 2.80 bits per heavy atom. The average molecular weight is 235 g/mol. The number of ether oxygens (including phenoxy) is 1. The average Bonchev–Trinajstić information content (AvgIpc) is 2.27. The quantitative estimate of drug-likeness (QED) is 0.454. The predicted octanol–water partition coefficient (Wildman–Crippen LogP) is 0.643. The van der Waals surface area contributed by atoms with Crippen LogP contribution in [0.2, 0.25) is 0 Å². The van der Waals surface area contributed by atoms with Gasteiger partial charge < -0.3 is 15.2 Å². The van der Waals surface area contributed by atoms with Crippen molar-refractivity contribution in [2.24, 2.45) is 0 Å². The number of carbonyl (C=O) groups is 1. The molecule has 0 amide bonds. The lowest BCUT2D eigenvalue weighted by molar-refractivity contribution is -0.143. The number of methoxy groups -OCH3 is 1. The molecule has 1 unspecified atom stereocenters. The topological polar surface area (TPSA) is 58.6 Å². The third-order valence-corrected chi connectivity index (χ3v) is 3.05. The molecule has 1 atom stereocenters. The summed E-state index contributed by atoms with van der Waals surface area (Å²) >= 11 is 1.78. The number of carbonyl (C=O) groups excluding carboxylic acids is 1. The van der Waals surface area contributed by atoms with E-state index in [0.29, 0.717) is 0 Å². The molecule has 0 bridgehead atoms. The summed E-state index contributed by atoms with van der Waals surface area (Å²) in [6.45, 7) is 3.00. The van der Waals surface area contributed by atoms with E-state index >= 15 is 0 Å². The van der Waals surface area contributed by atoms with Crippen LogP contribution in [-0.2, 0) is 9.53 Å². The molecule has 0 saturated heterocycles. The second-order valence-electron chi connectivity index (χ2n) is 3.13. The fourth-order valence-corrected chi connectivity index (χ4v) is 1.91. The number of hydrogen-bond donors (Lipinski definition) is 2. The Balaban J connectivity index is 3.42. The van der Waals surface area contributed by atoms with Crippen LogP contribution in [0.15, 0.2) is 0 Å². The molecule has 0 heterocycles. The highest BCUT2D eigenvalue weighted by Crippen LogP contribution is 2.01. The second kappa shape index (κ2) is 10.3. The largest absolute Gasteiger partial charge is 0.468 e. The zero-order valence-corrected chi connectivity index (χ0v) is 10.3. The normalized spacial score (nSPS) is 12.5. The van der Waals surface area contributed by atoms with E-state index in [1.165, 1.54) is 7.11 Å². The minimum absolute atomic E-state index is 0.187. The molecule has 2 N–H and O–H groups in total. The Bertz CT molecular complexity index is 167. The van der Waals surface area contributed by atoms with Crippen LogP contribution in [0.3, 0.4) is 0 Å². The first-order valence-electron chi connectivity index (χ1n) is 5.26. The van der Waals surface area contributed by atoms with Crippen LogP contribution in [-0.4, -0.2) is 48.9 Å². The fraction of sp³-hybridized carbons (Fsp3) is 0.900. The molecular weight excluding hydrogens is 214 g/mol. The maximum absolute atomic E-state index is 11.2. The summed E-state index contributed by atoms with van der Waals surface area (Å²) in [5.41, 5.74) is 0. The third-order valence-electron chi connectivity index (χ3n) is 1.98. The minimum atomic E-state index is -0.196. The van der Waals surface area contributed by atoms with E-state index in [4.69, 9.17) is 5.11 Å². The molecule has 0 fully saturated rings. The number of rotatable bonds is 9. The van der Waals surface area contributed by atoms with Gasteiger partial charge in [0.2, 0.25) is 0 Å². The van der Waals surface area contributed by atoms with Crippen molar-refractivity contribution in [2.75, 3.05) is 31.8 Å². The highest BCUT2D eigenvalue weighted by atomic mass is 32.2. The van der Waals surface area contributed by atoms with Crippen LogP contribution < -0.4 is 5.32 Å². The first kappa shape index (κ1) is 14.7. The summed E-state index contributed by atoms with van der Waals surface area (Å²) in [6.07, 6.45) is 1.58. The molecule has 0 saturated carbocycles. The lowest BCUT2D eigenvalue weighted by atomic mass is 10.2. The van der Waals surface area contributed by atoms with Crippen LogP contribution in [0, 0.1) is 0 Å². The van der Waals surface area contributed by atoms with Crippen LogP contribution in [0.5, 0.6) is 0 Å². The van der Waals surface area contributed by atoms with Gasteiger partial charge in [0.15, 0.2) is 0 Å². The minimum Gasteiger partial charge on any atom is -0.468 e. The van der Waals surface area contributed by atoms with Crippen molar-refractivity contribution in [3.8, 4) is 0 Å². The number of hydrogen-bond acceptors (Lipinski definition) is 5. The van der Waals surface area contributed by atoms with E-state index in [2.05, 4.69) is 10.1 Å². The number of thioether (sulfide) groups is 1. The number of aliphatic hydroxyl groups is 1. The van der Waals surface area contributed by atoms with E-state index in [-0.39, 0.29) is 18.6 Å². The molecule has 5 heteroatoms. The molecular formula is C10H21NO3S. The summed E-state index contributed by atoms with van der Waals surface area (Å²) in [4.78, 5) is 11.2. The van der Waals surface area contributed by atoms with Crippen molar-refractivity contribution in [1.29, 1.82) is 0 Å². The van der Waals surface area contributed by atoms with Gasteiger partial charge in [-0.05, 0) is 18.6 Å². The van der Waals surface area contributed by atoms with Gasteiger partial charge in [-0.3, -0.25) is 4.79 Å². The van der Waals surface area contributed by atoms with Crippen LogP contribution in [0.4, 0.5) is 0 Å². The Morgan fingerprint density at radius 2 is 2.27 bits per heavy atom. The molecule has 0 aliphatic heterocycles. The third kappa shape index (κ3) is 7.64. The summed E-state index contributed by atoms with van der Waals surface area (Å²) < 4.78 is 4.66. The highest BCUT2D eigenvalue weighted by Gasteiger charge is 2.14. The van der Waals surface area contributed by atoms with E-state index in [9.17, 15) is 4.79 Å². The molecule has 0 radical (unpaired) electrons. The Labute approximate surface area is 95.8 Å². The smallest absolute Gasteiger partial charge is 0.322 e. The zero-order chi connectivity index (χ0) is 11.5. The number of nitrogens with one attached hydrogen (secondary N) is 1. The maximum atomic E-state index is 11.2. The molecule has 0 aromatic rings. The second-order valence-corrected chi connectivity index (χ2v) is 4.35. The van der Waals surface area contributed by atoms with Crippen molar-refractivity contribution < 1.29 is 14.6 Å². The highest BCUT2D eigenvalue weighted by molar-refractivity contribution is 7.99. The van der Waals surface area contributed by atoms with Gasteiger partial charge in [0, 0.05) is 18.9 Å². The predicted molar refractivity (Wildman–Crippen MR) is 63.1 cm³/mol. The van der Waals surface area contributed by atoms with E-state index in [1.54, 1.807) is 11.8 Å². The molecule has 90 valence electrons. The van der Waals surface area contributed by atoms with E-state index in [0.717, 1.165) is 30.9 Å². The first-order valence-corrected chi connectivity index (χ1v) is 6.41. The molecule has 0 aliphatic rings. The fourth-order valence-electron chi connectivity index (χ4n) is 1.11. The van der Waals surface area contributed by atoms with Crippen molar-refractivity contribution >= 4 is 17.7 Å². The molecule has 0 aromatic carbocycles.